The first-order chi connectivity index (χ1) is 16.0. The fraction of sp³-hybridized carbons (Fsp3) is 0.286. The maximum atomic E-state index is 13.1. The molecule has 1 fully saturated rings. The molecule has 1 N–H and O–H groups in total. The van der Waals surface area contributed by atoms with Gasteiger partial charge in [-0.15, -0.1) is 0 Å². The Morgan fingerprint density at radius 3 is 2.39 bits per heavy atom. The maximum absolute atomic E-state index is 13.1. The van der Waals surface area contributed by atoms with Gasteiger partial charge in [-0.1, -0.05) is 66.2 Å². The first-order valence-electron chi connectivity index (χ1n) is 11.6. The van der Waals surface area contributed by atoms with Crippen LogP contribution in [0.1, 0.15) is 29.3 Å². The molecule has 1 saturated heterocycles. The Hall–Kier alpha value is -3.44. The molecule has 0 radical (unpaired) electrons. The molecule has 5 nitrogen and oxygen atoms in total. The molecule has 3 aromatic carbocycles. The number of hydrogen-bond donors (Lipinski definition) is 1. The molecule has 5 heteroatoms. The molecule has 170 valence electrons. The van der Waals surface area contributed by atoms with Crippen molar-refractivity contribution in [3.8, 4) is 11.1 Å². The lowest BCUT2D eigenvalue weighted by Gasteiger charge is -2.27. The highest BCUT2D eigenvalue weighted by atomic mass is 16.2. The summed E-state index contributed by atoms with van der Waals surface area (Å²) in [6, 6.07) is 25.4. The van der Waals surface area contributed by atoms with Crippen LogP contribution in [0.3, 0.4) is 0 Å². The van der Waals surface area contributed by atoms with Crippen molar-refractivity contribution in [3.05, 3.63) is 90.0 Å². The van der Waals surface area contributed by atoms with Crippen LogP contribution in [0.25, 0.3) is 11.1 Å². The summed E-state index contributed by atoms with van der Waals surface area (Å²) in [5.41, 5.74) is 4.70. The monoisotopic (exact) mass is 441 g/mol. The Kier molecular flexibility index (Phi) is 7.20. The third-order valence-corrected chi connectivity index (χ3v) is 6.28. The minimum Gasteiger partial charge on any atom is -0.337 e. The van der Waals surface area contributed by atoms with E-state index in [9.17, 15) is 9.59 Å². The topological polar surface area (TPSA) is 52.7 Å². The smallest absolute Gasteiger partial charge is 0.253 e. The highest BCUT2D eigenvalue weighted by Crippen LogP contribution is 2.28. The third-order valence-electron chi connectivity index (χ3n) is 6.28. The van der Waals surface area contributed by atoms with E-state index in [1.807, 2.05) is 97.6 Å². The van der Waals surface area contributed by atoms with E-state index in [4.69, 9.17) is 0 Å². The summed E-state index contributed by atoms with van der Waals surface area (Å²) in [4.78, 5) is 30.2. The molecule has 1 aliphatic heterocycles. The average molecular weight is 442 g/mol. The van der Waals surface area contributed by atoms with E-state index >= 15 is 0 Å². The summed E-state index contributed by atoms with van der Waals surface area (Å²) in [6.45, 7) is 6.72. The first-order valence-corrected chi connectivity index (χ1v) is 11.6. The number of carbonyl (C=O) groups is 2. The Bertz CT molecular complexity index is 1110. The molecule has 0 saturated carbocycles. The minimum absolute atomic E-state index is 0.0307. The molecule has 3 aromatic rings. The number of rotatable bonds is 5. The minimum atomic E-state index is -0.289. The molecule has 1 aliphatic rings. The Morgan fingerprint density at radius 1 is 0.848 bits per heavy atom. The van der Waals surface area contributed by atoms with Gasteiger partial charge in [0.05, 0.1) is 6.04 Å². The van der Waals surface area contributed by atoms with Gasteiger partial charge in [0.15, 0.2) is 0 Å². The predicted molar refractivity (Wildman–Crippen MR) is 133 cm³/mol. The van der Waals surface area contributed by atoms with Gasteiger partial charge in [0.25, 0.3) is 5.91 Å². The SMILES string of the molecule is Cc1cccc(C(=O)N2CCCN(C(C)C(=O)Nc3ccccc3-c3ccccc3)CC2)c1. The molecule has 0 aromatic heterocycles. The normalized spacial score (nSPS) is 15.5. The predicted octanol–water partition coefficient (Wildman–Crippen LogP) is 4.84. The highest BCUT2D eigenvalue weighted by Gasteiger charge is 2.26. The van der Waals surface area contributed by atoms with Crippen LogP contribution in [0.4, 0.5) is 5.69 Å². The van der Waals surface area contributed by atoms with Gasteiger partial charge >= 0.3 is 0 Å². The lowest BCUT2D eigenvalue weighted by atomic mass is 10.0. The van der Waals surface area contributed by atoms with Crippen molar-refractivity contribution in [1.29, 1.82) is 0 Å². The van der Waals surface area contributed by atoms with Crippen molar-refractivity contribution in [3.63, 3.8) is 0 Å². The number of benzene rings is 3. The molecule has 1 unspecified atom stereocenters. The summed E-state index contributed by atoms with van der Waals surface area (Å²) in [7, 11) is 0. The van der Waals surface area contributed by atoms with E-state index in [0.29, 0.717) is 19.6 Å². The number of anilines is 1. The van der Waals surface area contributed by atoms with Gasteiger partial charge in [-0.2, -0.15) is 0 Å². The fourth-order valence-electron chi connectivity index (χ4n) is 4.35. The molecule has 2 amide bonds. The Morgan fingerprint density at radius 2 is 1.61 bits per heavy atom. The fourth-order valence-corrected chi connectivity index (χ4v) is 4.35. The van der Waals surface area contributed by atoms with E-state index in [0.717, 1.165) is 40.9 Å². The van der Waals surface area contributed by atoms with Gasteiger partial charge in [-0.05, 0) is 44.0 Å². The van der Waals surface area contributed by atoms with Gasteiger partial charge in [0.2, 0.25) is 5.91 Å². The van der Waals surface area contributed by atoms with Crippen molar-refractivity contribution in [2.24, 2.45) is 0 Å². The van der Waals surface area contributed by atoms with Gasteiger partial charge in [0.1, 0.15) is 0 Å². The molecule has 1 heterocycles. The lowest BCUT2D eigenvalue weighted by molar-refractivity contribution is -0.120. The van der Waals surface area contributed by atoms with Crippen LogP contribution in [-0.4, -0.2) is 53.8 Å². The second-order valence-corrected chi connectivity index (χ2v) is 8.63. The van der Waals surface area contributed by atoms with E-state index in [2.05, 4.69) is 10.2 Å². The maximum Gasteiger partial charge on any atom is 0.253 e. The number of amides is 2. The first kappa shape index (κ1) is 22.7. The summed E-state index contributed by atoms with van der Waals surface area (Å²) in [5.74, 6) is 0.0336. The van der Waals surface area contributed by atoms with Crippen LogP contribution in [0.2, 0.25) is 0 Å². The van der Waals surface area contributed by atoms with Crippen LogP contribution in [0, 0.1) is 6.92 Å². The van der Waals surface area contributed by atoms with Crippen molar-refractivity contribution < 1.29 is 9.59 Å². The number of carbonyl (C=O) groups excluding carboxylic acids is 2. The second-order valence-electron chi connectivity index (χ2n) is 8.63. The van der Waals surface area contributed by atoms with Gasteiger partial charge < -0.3 is 10.2 Å². The second kappa shape index (κ2) is 10.5. The van der Waals surface area contributed by atoms with Crippen molar-refractivity contribution in [1.82, 2.24) is 9.80 Å². The van der Waals surface area contributed by atoms with E-state index in [1.165, 1.54) is 0 Å². The average Bonchev–Trinajstić information content (AvgIpc) is 3.10. The third kappa shape index (κ3) is 5.49. The van der Waals surface area contributed by atoms with Crippen LogP contribution in [0.5, 0.6) is 0 Å². The molecule has 33 heavy (non-hydrogen) atoms. The molecular formula is C28H31N3O2. The molecule has 0 spiro atoms. The van der Waals surface area contributed by atoms with Crippen LogP contribution in [-0.2, 0) is 4.79 Å². The van der Waals surface area contributed by atoms with E-state index < -0.39 is 0 Å². The van der Waals surface area contributed by atoms with Crippen molar-refractivity contribution in [2.75, 3.05) is 31.5 Å². The number of nitrogens with one attached hydrogen (secondary N) is 1. The van der Waals surface area contributed by atoms with Crippen molar-refractivity contribution in [2.45, 2.75) is 26.3 Å². The molecule has 0 aliphatic carbocycles. The molecule has 1 atom stereocenters. The number of nitrogens with zero attached hydrogens (tertiary/aromatic N) is 2. The number of hydrogen-bond acceptors (Lipinski definition) is 3. The number of para-hydroxylation sites is 1. The molecule has 0 bridgehead atoms. The standard InChI is InChI=1S/C28H31N3O2/c1-21-10-8-13-24(20-21)28(33)31-17-9-16-30(18-19-31)22(2)27(32)29-26-15-7-6-14-25(26)23-11-4-3-5-12-23/h3-8,10-15,20,22H,9,16-19H2,1-2H3,(H,29,32). The molecule has 4 rings (SSSR count). The zero-order valence-corrected chi connectivity index (χ0v) is 19.3. The van der Waals surface area contributed by atoms with Gasteiger partial charge in [-0.3, -0.25) is 14.5 Å². The van der Waals surface area contributed by atoms with Gasteiger partial charge in [0, 0.05) is 43.0 Å². The van der Waals surface area contributed by atoms with Crippen molar-refractivity contribution >= 4 is 17.5 Å². The summed E-state index contributed by atoms with van der Waals surface area (Å²) in [5, 5.41) is 3.13. The quantitative estimate of drug-likeness (QED) is 0.617. The van der Waals surface area contributed by atoms with E-state index in [-0.39, 0.29) is 17.9 Å². The Balaban J connectivity index is 1.40. The summed E-state index contributed by atoms with van der Waals surface area (Å²) in [6.07, 6.45) is 0.843. The summed E-state index contributed by atoms with van der Waals surface area (Å²) < 4.78 is 0. The summed E-state index contributed by atoms with van der Waals surface area (Å²) >= 11 is 0. The van der Waals surface area contributed by atoms with E-state index in [1.54, 1.807) is 0 Å². The lowest BCUT2D eigenvalue weighted by Crippen LogP contribution is -2.44. The highest BCUT2D eigenvalue weighted by molar-refractivity contribution is 5.98. The van der Waals surface area contributed by atoms with Crippen LogP contribution >= 0.6 is 0 Å². The van der Waals surface area contributed by atoms with Crippen LogP contribution in [0.15, 0.2) is 78.9 Å². The zero-order valence-electron chi connectivity index (χ0n) is 19.3. The number of aryl methyl sites for hydroxylation is 1. The molecular weight excluding hydrogens is 410 g/mol. The van der Waals surface area contributed by atoms with Crippen LogP contribution < -0.4 is 5.32 Å². The largest absolute Gasteiger partial charge is 0.337 e. The Labute approximate surface area is 196 Å². The zero-order chi connectivity index (χ0) is 23.2. The van der Waals surface area contributed by atoms with Gasteiger partial charge in [-0.25, -0.2) is 0 Å².